The van der Waals surface area contributed by atoms with Gasteiger partial charge in [-0.05, 0) is 118 Å². The zero-order chi connectivity index (χ0) is 52.0. The molecule has 8 aromatic carbocycles. The second-order valence-electron chi connectivity index (χ2n) is 20.4. The van der Waals surface area contributed by atoms with Crippen LogP contribution in [-0.2, 0) is 19.6 Å². The number of amides is 2. The van der Waals surface area contributed by atoms with E-state index in [2.05, 4.69) is 20.8 Å². The molecule has 9 rings (SSSR count). The van der Waals surface area contributed by atoms with Crippen LogP contribution in [-0.4, -0.2) is 50.0 Å². The van der Waals surface area contributed by atoms with E-state index in [0.29, 0.717) is 84.2 Å². The first-order valence-corrected chi connectivity index (χ1v) is 25.3. The SMILES string of the molecule is CCCCOC(=O)c1ccc2c3c(Oc4ccc(C(=O)OC)cc4)cc4c5c(ccc(c6c(Oc7ccc(C(C)(C)C)cc7)cc(C(=O)OCCCC)c1c26)c53)C(=O)N(c1c(C(C)C)cccc1C(C)C)C4=O. The first kappa shape index (κ1) is 50.2. The van der Waals surface area contributed by atoms with Gasteiger partial charge in [-0.25, -0.2) is 19.3 Å². The van der Waals surface area contributed by atoms with E-state index in [1.54, 1.807) is 54.6 Å². The highest BCUT2D eigenvalue weighted by atomic mass is 16.5. The maximum atomic E-state index is 15.6. The number of carbonyl (C=O) groups is 5. The number of ether oxygens (including phenoxy) is 5. The van der Waals surface area contributed by atoms with Crippen LogP contribution in [0.2, 0.25) is 0 Å². The summed E-state index contributed by atoms with van der Waals surface area (Å²) in [5.41, 5.74) is 4.33. The summed E-state index contributed by atoms with van der Waals surface area (Å²) in [6.07, 6.45) is 2.85. The number of nitrogens with zero attached hydrogens (tertiary/aromatic N) is 1. The highest BCUT2D eigenvalue weighted by molar-refractivity contribution is 6.44. The summed E-state index contributed by atoms with van der Waals surface area (Å²) in [7, 11) is 1.31. The van der Waals surface area contributed by atoms with Crippen molar-refractivity contribution in [3.8, 4) is 23.0 Å². The van der Waals surface area contributed by atoms with E-state index in [9.17, 15) is 14.4 Å². The number of hydrogen-bond donors (Lipinski definition) is 0. The van der Waals surface area contributed by atoms with Crippen LogP contribution in [0, 0.1) is 0 Å². The number of hydrogen-bond acceptors (Lipinski definition) is 10. The molecule has 0 radical (unpaired) electrons. The molecule has 1 aliphatic heterocycles. The highest BCUT2D eigenvalue weighted by Crippen LogP contribution is 2.53. The van der Waals surface area contributed by atoms with E-state index >= 15 is 9.59 Å². The first-order chi connectivity index (χ1) is 35.0. The molecule has 0 atom stereocenters. The number of imide groups is 1. The van der Waals surface area contributed by atoms with Gasteiger partial charge in [-0.3, -0.25) is 9.59 Å². The maximum Gasteiger partial charge on any atom is 0.338 e. The van der Waals surface area contributed by atoms with E-state index in [0.717, 1.165) is 29.5 Å². The van der Waals surface area contributed by atoms with E-state index in [-0.39, 0.29) is 58.7 Å². The number of methoxy groups -OCH3 is 1. The molecule has 0 spiro atoms. The van der Waals surface area contributed by atoms with Gasteiger partial charge in [-0.15, -0.1) is 0 Å². The van der Waals surface area contributed by atoms with Crippen molar-refractivity contribution in [3.63, 3.8) is 0 Å². The first-order valence-electron chi connectivity index (χ1n) is 25.3. The van der Waals surface area contributed by atoms with Crippen molar-refractivity contribution in [2.75, 3.05) is 25.2 Å². The molecule has 0 bridgehead atoms. The number of anilines is 1. The monoisotopic (exact) mass is 979 g/mol. The van der Waals surface area contributed by atoms with Crippen LogP contribution >= 0.6 is 0 Å². The van der Waals surface area contributed by atoms with Crippen LogP contribution in [0.15, 0.2) is 103 Å². The third kappa shape index (κ3) is 9.00. The van der Waals surface area contributed by atoms with Gasteiger partial charge < -0.3 is 23.7 Å². The normalized spacial score (nSPS) is 12.7. The molecule has 0 saturated carbocycles. The Bertz CT molecular complexity index is 3460. The van der Waals surface area contributed by atoms with Gasteiger partial charge in [0.15, 0.2) is 0 Å². The molecule has 0 N–H and O–H groups in total. The summed E-state index contributed by atoms with van der Waals surface area (Å²) >= 11 is 0. The summed E-state index contributed by atoms with van der Waals surface area (Å²) in [6.45, 7) is 18.9. The van der Waals surface area contributed by atoms with Gasteiger partial charge >= 0.3 is 17.9 Å². The zero-order valence-electron chi connectivity index (χ0n) is 43.2. The lowest BCUT2D eigenvalue weighted by Crippen LogP contribution is -2.41. The largest absolute Gasteiger partial charge is 0.465 e. The van der Waals surface area contributed by atoms with Crippen molar-refractivity contribution in [3.05, 3.63) is 148 Å². The number of benzene rings is 8. The second-order valence-corrected chi connectivity index (χ2v) is 20.4. The molecular formula is C62H61NO10. The summed E-state index contributed by atoms with van der Waals surface area (Å²) in [5.74, 6) is -1.48. The Kier molecular flexibility index (Phi) is 13.8. The van der Waals surface area contributed by atoms with Crippen LogP contribution in [0.25, 0.3) is 43.1 Å². The zero-order valence-corrected chi connectivity index (χ0v) is 43.2. The van der Waals surface area contributed by atoms with Crippen molar-refractivity contribution in [1.29, 1.82) is 0 Å². The number of carbonyl (C=O) groups excluding carboxylic acids is 5. The Morgan fingerprint density at radius 2 is 1.05 bits per heavy atom. The van der Waals surface area contributed by atoms with Crippen molar-refractivity contribution >= 4 is 78.5 Å². The number of esters is 3. The fraction of sp³-hybridized carbons (Fsp3) is 0.306. The molecule has 2 amide bonds. The molecule has 0 saturated heterocycles. The van der Waals surface area contributed by atoms with Crippen LogP contribution in [0.3, 0.4) is 0 Å². The predicted molar refractivity (Wildman–Crippen MR) is 287 cm³/mol. The van der Waals surface area contributed by atoms with E-state index in [1.165, 1.54) is 12.0 Å². The molecule has 11 heteroatoms. The summed E-state index contributed by atoms with van der Waals surface area (Å²) in [4.78, 5) is 73.9. The average Bonchev–Trinajstić information content (AvgIpc) is 3.37. The molecule has 0 aromatic heterocycles. The third-order valence-corrected chi connectivity index (χ3v) is 13.8. The lowest BCUT2D eigenvalue weighted by molar-refractivity contribution is 0.0500. The Morgan fingerprint density at radius 3 is 1.59 bits per heavy atom. The fourth-order valence-electron chi connectivity index (χ4n) is 10.0. The van der Waals surface area contributed by atoms with Crippen molar-refractivity contribution in [2.45, 2.75) is 105 Å². The van der Waals surface area contributed by atoms with Crippen molar-refractivity contribution in [1.82, 2.24) is 0 Å². The van der Waals surface area contributed by atoms with Crippen LogP contribution in [0.5, 0.6) is 23.0 Å². The summed E-state index contributed by atoms with van der Waals surface area (Å²) < 4.78 is 30.6. The molecule has 73 heavy (non-hydrogen) atoms. The predicted octanol–water partition coefficient (Wildman–Crippen LogP) is 15.4. The number of rotatable bonds is 16. The standard InChI is InChI=1S/C62H61NO10/c1-11-13-30-70-60(67)45-29-27-43-52-48(72-38-22-18-36(19-23-38)59(66)69-10)32-46-50-44(57(64)63(58(46)65)56-40(34(3)4)16-15-17-41(56)35(5)6)28-26-42(54(50)52)53-49(73-39-24-20-37(21-25-39)62(7,8)9)33-47(51(45)55(43)53)61(68)71-31-14-12-2/h15-29,32-35H,11-14,30-31H2,1-10H3. The lowest BCUT2D eigenvalue weighted by atomic mass is 9.82. The van der Waals surface area contributed by atoms with Crippen LogP contribution < -0.4 is 14.4 Å². The van der Waals surface area contributed by atoms with E-state index in [1.807, 2.05) is 90.1 Å². The van der Waals surface area contributed by atoms with Gasteiger partial charge in [0.25, 0.3) is 11.8 Å². The number of unbranched alkanes of at least 4 members (excludes halogenated alkanes) is 2. The Hall–Kier alpha value is -7.79. The summed E-state index contributed by atoms with van der Waals surface area (Å²) in [5, 5.41) is 3.89. The van der Waals surface area contributed by atoms with Gasteiger partial charge in [0, 0.05) is 37.9 Å². The topological polar surface area (TPSA) is 135 Å². The number of fused-ring (bicyclic) bond motifs is 2. The molecule has 374 valence electrons. The molecule has 0 aliphatic carbocycles. The molecule has 1 heterocycles. The lowest BCUT2D eigenvalue weighted by Gasteiger charge is -2.33. The minimum atomic E-state index is -0.648. The fourth-order valence-corrected chi connectivity index (χ4v) is 10.0. The Morgan fingerprint density at radius 1 is 0.548 bits per heavy atom. The molecule has 0 fully saturated rings. The number of para-hydroxylation sites is 1. The van der Waals surface area contributed by atoms with Gasteiger partial charge in [0.1, 0.15) is 23.0 Å². The van der Waals surface area contributed by atoms with Crippen LogP contribution in [0.1, 0.15) is 168 Å². The third-order valence-electron chi connectivity index (χ3n) is 13.8. The Balaban J connectivity index is 1.43. The highest BCUT2D eigenvalue weighted by Gasteiger charge is 2.40. The van der Waals surface area contributed by atoms with Gasteiger partial charge in [0.05, 0.1) is 48.3 Å². The molecule has 11 nitrogen and oxygen atoms in total. The van der Waals surface area contributed by atoms with Gasteiger partial charge in [0.2, 0.25) is 0 Å². The summed E-state index contributed by atoms with van der Waals surface area (Å²) in [6, 6.07) is 30.5. The minimum absolute atomic E-state index is 0.0272. The molecular weight excluding hydrogens is 919 g/mol. The van der Waals surface area contributed by atoms with E-state index in [4.69, 9.17) is 23.7 Å². The van der Waals surface area contributed by atoms with Gasteiger partial charge in [-0.2, -0.15) is 0 Å². The van der Waals surface area contributed by atoms with Crippen molar-refractivity contribution < 1.29 is 47.7 Å². The van der Waals surface area contributed by atoms with Crippen LogP contribution in [0.4, 0.5) is 5.69 Å². The minimum Gasteiger partial charge on any atom is -0.465 e. The Labute approximate surface area is 425 Å². The maximum absolute atomic E-state index is 15.6. The van der Waals surface area contributed by atoms with Crippen molar-refractivity contribution in [2.24, 2.45) is 0 Å². The molecule has 8 aromatic rings. The quantitative estimate of drug-likeness (QED) is 0.0230. The van der Waals surface area contributed by atoms with E-state index < -0.39 is 29.7 Å². The molecule has 1 aliphatic rings. The average molecular weight is 980 g/mol. The second kappa shape index (κ2) is 20.0. The smallest absolute Gasteiger partial charge is 0.338 e. The van der Waals surface area contributed by atoms with Gasteiger partial charge in [-0.1, -0.05) is 118 Å². The molecule has 0 unspecified atom stereocenters.